The summed E-state index contributed by atoms with van der Waals surface area (Å²) in [5.41, 5.74) is 0.238. The Balaban J connectivity index is 1.68. The molecule has 1 aromatic heterocycles. The molecule has 3 aromatic rings. The monoisotopic (exact) mass is 493 g/mol. The number of nitrogens with zero attached hydrogens (tertiary/aromatic N) is 4. The fourth-order valence-electron chi connectivity index (χ4n) is 4.03. The second-order valence-corrected chi connectivity index (χ2v) is 8.26. The van der Waals surface area contributed by atoms with Crippen molar-refractivity contribution < 1.29 is 19.4 Å². The molecule has 0 aliphatic carbocycles. The summed E-state index contributed by atoms with van der Waals surface area (Å²) >= 11 is 0. The lowest BCUT2D eigenvalue weighted by atomic mass is 9.99. The molecule has 1 amide bonds. The van der Waals surface area contributed by atoms with Crippen molar-refractivity contribution >= 4 is 17.3 Å². The van der Waals surface area contributed by atoms with Gasteiger partial charge in [-0.15, -0.1) is 0 Å². The van der Waals surface area contributed by atoms with E-state index in [4.69, 9.17) is 9.47 Å². The van der Waals surface area contributed by atoms with Crippen LogP contribution in [0.3, 0.4) is 0 Å². The van der Waals surface area contributed by atoms with Crippen LogP contribution in [0.1, 0.15) is 23.6 Å². The van der Waals surface area contributed by atoms with Gasteiger partial charge in [-0.1, -0.05) is 12.1 Å². The molecule has 1 atom stereocenters. The first-order valence-electron chi connectivity index (χ1n) is 11.2. The second-order valence-electron chi connectivity index (χ2n) is 8.26. The van der Waals surface area contributed by atoms with E-state index in [1.165, 1.54) is 19.1 Å². The Morgan fingerprint density at radius 1 is 1.00 bits per heavy atom. The lowest BCUT2D eigenvalue weighted by molar-refractivity contribution is -0.131. The van der Waals surface area contributed by atoms with Crippen LogP contribution in [0.4, 0.5) is 5.69 Å². The number of carbonyl (C=O) groups excluding carboxylic acids is 1. The topological polar surface area (TPSA) is 127 Å². The number of rotatable bonds is 7. The van der Waals surface area contributed by atoms with Crippen LogP contribution in [-0.2, 0) is 18.9 Å². The first-order chi connectivity index (χ1) is 17.2. The van der Waals surface area contributed by atoms with E-state index in [1.807, 2.05) is 12.1 Å². The minimum atomic E-state index is -0.687. The van der Waals surface area contributed by atoms with E-state index in [-0.39, 0.29) is 30.1 Å². The second kappa shape index (κ2) is 9.98. The number of aromatic hydroxyl groups is 1. The first-order valence-corrected chi connectivity index (χ1v) is 11.2. The summed E-state index contributed by atoms with van der Waals surface area (Å²) < 4.78 is 12.3. The summed E-state index contributed by atoms with van der Waals surface area (Å²) in [7, 11) is 5.82. The van der Waals surface area contributed by atoms with E-state index in [0.29, 0.717) is 11.5 Å². The summed E-state index contributed by atoms with van der Waals surface area (Å²) in [6, 6.07) is 13.8. The van der Waals surface area contributed by atoms with Gasteiger partial charge < -0.3 is 19.9 Å². The van der Waals surface area contributed by atoms with Gasteiger partial charge in [0.1, 0.15) is 17.1 Å². The molecule has 0 spiro atoms. The normalized spacial score (nSPS) is 14.9. The van der Waals surface area contributed by atoms with Crippen molar-refractivity contribution in [3.8, 4) is 17.4 Å². The number of aromatic nitrogens is 2. The number of methoxy groups -OCH3 is 2. The third-order valence-electron chi connectivity index (χ3n) is 6.12. The highest BCUT2D eigenvalue weighted by molar-refractivity contribution is 6.04. The maximum atomic E-state index is 13.3. The molecule has 0 bridgehead atoms. The van der Waals surface area contributed by atoms with Gasteiger partial charge in [0.15, 0.2) is 0 Å². The molecule has 2 N–H and O–H groups in total. The molecular weight excluding hydrogens is 466 g/mol. The van der Waals surface area contributed by atoms with Crippen molar-refractivity contribution in [2.24, 2.45) is 19.2 Å². The van der Waals surface area contributed by atoms with Gasteiger partial charge >= 0.3 is 5.69 Å². The Morgan fingerprint density at radius 2 is 1.58 bits per heavy atom. The number of hydrogen-bond acceptors (Lipinski definition) is 8. The van der Waals surface area contributed by atoms with Gasteiger partial charge in [0.2, 0.25) is 5.88 Å². The van der Waals surface area contributed by atoms with Crippen molar-refractivity contribution in [3.05, 3.63) is 80.5 Å². The fraction of sp³-hybridized carbons (Fsp3) is 0.280. The van der Waals surface area contributed by atoms with Crippen LogP contribution in [0.25, 0.3) is 0 Å². The van der Waals surface area contributed by atoms with Crippen LogP contribution in [0.2, 0.25) is 0 Å². The summed E-state index contributed by atoms with van der Waals surface area (Å²) in [5, 5.41) is 19.4. The minimum Gasteiger partial charge on any atom is -0.497 e. The largest absolute Gasteiger partial charge is 0.497 e. The van der Waals surface area contributed by atoms with Crippen molar-refractivity contribution in [3.63, 3.8) is 0 Å². The Kier molecular flexibility index (Phi) is 6.82. The van der Waals surface area contributed by atoms with Gasteiger partial charge in [-0.2, -0.15) is 5.10 Å². The SMILES string of the molecule is COc1ccc(NCC(=O)N2N=C(c3c(O)n(C)c(=O)n(C)c3=O)C[C@H]2c2ccc(OC)cc2)cc1. The zero-order valence-electron chi connectivity index (χ0n) is 20.4. The average molecular weight is 494 g/mol. The number of hydrazone groups is 1. The van der Waals surface area contributed by atoms with Crippen molar-refractivity contribution in [2.75, 3.05) is 26.1 Å². The number of amides is 1. The van der Waals surface area contributed by atoms with E-state index in [0.717, 1.165) is 20.4 Å². The molecule has 1 aliphatic rings. The summed E-state index contributed by atoms with van der Waals surface area (Å²) in [6.45, 7) is -0.0625. The van der Waals surface area contributed by atoms with Crippen molar-refractivity contribution in [1.29, 1.82) is 0 Å². The number of benzene rings is 2. The highest BCUT2D eigenvalue weighted by Crippen LogP contribution is 2.34. The Hall–Kier alpha value is -4.54. The lowest BCUT2D eigenvalue weighted by Gasteiger charge is -2.22. The van der Waals surface area contributed by atoms with Gasteiger partial charge in [0.25, 0.3) is 11.5 Å². The van der Waals surface area contributed by atoms with Gasteiger partial charge in [0, 0.05) is 26.2 Å². The number of nitrogens with one attached hydrogen (secondary N) is 1. The standard InChI is InChI=1S/C25H27N5O6/c1-28-23(32)22(24(33)29(2)25(28)34)19-13-20(15-5-9-17(35-3)10-6-15)30(27-19)21(31)14-26-16-7-11-18(36-4)12-8-16/h5-12,20,26,32H,13-14H2,1-4H3/t20-/m0/s1. The molecule has 0 saturated carbocycles. The van der Waals surface area contributed by atoms with E-state index >= 15 is 0 Å². The molecule has 0 unspecified atom stereocenters. The van der Waals surface area contributed by atoms with Crippen LogP contribution in [0.5, 0.6) is 17.4 Å². The highest BCUT2D eigenvalue weighted by atomic mass is 16.5. The highest BCUT2D eigenvalue weighted by Gasteiger charge is 2.35. The zero-order valence-corrected chi connectivity index (χ0v) is 20.4. The number of hydrogen-bond donors (Lipinski definition) is 2. The molecule has 0 radical (unpaired) electrons. The molecule has 0 saturated heterocycles. The minimum absolute atomic E-state index is 0.0625. The quantitative estimate of drug-likeness (QED) is 0.512. The van der Waals surface area contributed by atoms with E-state index < -0.39 is 23.2 Å². The number of ether oxygens (including phenoxy) is 2. The summed E-state index contributed by atoms with van der Waals surface area (Å²) in [4.78, 5) is 38.4. The van der Waals surface area contributed by atoms with Crippen LogP contribution >= 0.6 is 0 Å². The van der Waals surface area contributed by atoms with Gasteiger partial charge in [-0.05, 0) is 42.0 Å². The van der Waals surface area contributed by atoms with Crippen LogP contribution in [-0.4, -0.2) is 51.6 Å². The van der Waals surface area contributed by atoms with Crippen LogP contribution in [0, 0.1) is 0 Å². The number of anilines is 1. The van der Waals surface area contributed by atoms with Crippen LogP contribution in [0.15, 0.2) is 63.2 Å². The lowest BCUT2D eigenvalue weighted by Crippen LogP contribution is -2.39. The Morgan fingerprint density at radius 3 is 2.17 bits per heavy atom. The third kappa shape index (κ3) is 4.54. The molecule has 36 heavy (non-hydrogen) atoms. The number of carbonyl (C=O) groups is 1. The maximum Gasteiger partial charge on any atom is 0.333 e. The molecule has 1 aliphatic heterocycles. The summed E-state index contributed by atoms with van der Waals surface area (Å²) in [5.74, 6) is 0.504. The maximum absolute atomic E-state index is 13.3. The molecule has 4 rings (SSSR count). The molecular formula is C25H27N5O6. The molecule has 188 valence electrons. The Labute approximate surface area is 206 Å². The zero-order chi connectivity index (χ0) is 26.0. The average Bonchev–Trinajstić information content (AvgIpc) is 3.35. The van der Waals surface area contributed by atoms with Crippen molar-refractivity contribution in [2.45, 2.75) is 12.5 Å². The van der Waals surface area contributed by atoms with E-state index in [1.54, 1.807) is 50.6 Å². The smallest absolute Gasteiger partial charge is 0.333 e. The predicted molar refractivity (Wildman–Crippen MR) is 134 cm³/mol. The predicted octanol–water partition coefficient (Wildman–Crippen LogP) is 1.60. The molecule has 11 nitrogen and oxygen atoms in total. The Bertz CT molecular complexity index is 1420. The van der Waals surface area contributed by atoms with E-state index in [2.05, 4.69) is 10.4 Å². The van der Waals surface area contributed by atoms with Crippen molar-refractivity contribution in [1.82, 2.24) is 14.1 Å². The van der Waals surface area contributed by atoms with Crippen LogP contribution < -0.4 is 26.0 Å². The molecule has 0 fully saturated rings. The third-order valence-corrected chi connectivity index (χ3v) is 6.12. The molecule has 11 heteroatoms. The van der Waals surface area contributed by atoms with Gasteiger partial charge in [0.05, 0.1) is 32.5 Å². The van der Waals surface area contributed by atoms with Gasteiger partial charge in [-0.3, -0.25) is 18.7 Å². The first kappa shape index (κ1) is 24.6. The fourth-order valence-corrected chi connectivity index (χ4v) is 4.03. The summed E-state index contributed by atoms with van der Waals surface area (Å²) in [6.07, 6.45) is 0.168. The van der Waals surface area contributed by atoms with Gasteiger partial charge in [-0.25, -0.2) is 9.80 Å². The van der Waals surface area contributed by atoms with E-state index in [9.17, 15) is 19.5 Å². The molecule has 2 aromatic carbocycles. The molecule has 2 heterocycles.